The van der Waals surface area contributed by atoms with Crippen molar-refractivity contribution in [3.05, 3.63) is 29.7 Å². The first-order valence-corrected chi connectivity index (χ1v) is 8.93. The molecule has 1 aliphatic rings. The van der Waals surface area contributed by atoms with Crippen molar-refractivity contribution in [2.24, 2.45) is 7.05 Å². The molecule has 0 bridgehead atoms. The topological polar surface area (TPSA) is 59.7 Å². The SMILES string of the molecule is CC(C)c1cc(N2CCC[C@@H](c3nncn3C)C2)nc(C(C)C)n1. The molecule has 0 amide bonds. The zero-order valence-electron chi connectivity index (χ0n) is 15.4. The van der Waals surface area contributed by atoms with Crippen LogP contribution in [0.1, 0.15) is 75.6 Å². The lowest BCUT2D eigenvalue weighted by Crippen LogP contribution is -2.36. The first kappa shape index (κ1) is 16.9. The summed E-state index contributed by atoms with van der Waals surface area (Å²) in [6.07, 6.45) is 4.09. The van der Waals surface area contributed by atoms with E-state index >= 15 is 0 Å². The third kappa shape index (κ3) is 3.42. The van der Waals surface area contributed by atoms with E-state index in [9.17, 15) is 0 Å². The Morgan fingerprint density at radius 3 is 2.54 bits per heavy atom. The van der Waals surface area contributed by atoms with Crippen LogP contribution in [0.25, 0.3) is 0 Å². The molecule has 0 aliphatic carbocycles. The normalized spacial score (nSPS) is 18.6. The molecular weight excluding hydrogens is 300 g/mol. The Hall–Kier alpha value is -1.98. The van der Waals surface area contributed by atoms with Crippen molar-refractivity contribution in [3.63, 3.8) is 0 Å². The van der Waals surface area contributed by atoms with E-state index in [0.717, 1.165) is 49.1 Å². The highest BCUT2D eigenvalue weighted by Gasteiger charge is 2.26. The van der Waals surface area contributed by atoms with Gasteiger partial charge >= 0.3 is 0 Å². The fraction of sp³-hybridized carbons (Fsp3) is 0.667. The number of aromatic nitrogens is 5. The lowest BCUT2D eigenvalue weighted by molar-refractivity contribution is 0.476. The molecular formula is C18H28N6. The highest BCUT2D eigenvalue weighted by molar-refractivity contribution is 5.42. The van der Waals surface area contributed by atoms with E-state index in [4.69, 9.17) is 9.97 Å². The smallest absolute Gasteiger partial charge is 0.137 e. The van der Waals surface area contributed by atoms with Crippen molar-refractivity contribution < 1.29 is 0 Å². The van der Waals surface area contributed by atoms with Gasteiger partial charge in [0.1, 0.15) is 23.8 Å². The fourth-order valence-corrected chi connectivity index (χ4v) is 3.25. The Balaban J connectivity index is 1.89. The van der Waals surface area contributed by atoms with Gasteiger partial charge in [0.05, 0.1) is 0 Å². The number of hydrogen-bond acceptors (Lipinski definition) is 5. The van der Waals surface area contributed by atoms with Crippen LogP contribution in [0.2, 0.25) is 0 Å². The average Bonchev–Trinajstić information content (AvgIpc) is 3.00. The summed E-state index contributed by atoms with van der Waals surface area (Å²) < 4.78 is 2.03. The molecule has 2 aromatic rings. The minimum Gasteiger partial charge on any atom is -0.356 e. The van der Waals surface area contributed by atoms with Crippen molar-refractivity contribution in [3.8, 4) is 0 Å². The van der Waals surface area contributed by atoms with E-state index in [1.807, 2.05) is 11.6 Å². The van der Waals surface area contributed by atoms with Gasteiger partial charge < -0.3 is 9.47 Å². The van der Waals surface area contributed by atoms with Crippen LogP contribution in [-0.4, -0.2) is 37.8 Å². The first-order valence-electron chi connectivity index (χ1n) is 8.93. The van der Waals surface area contributed by atoms with Gasteiger partial charge in [-0.2, -0.15) is 0 Å². The molecule has 0 spiro atoms. The van der Waals surface area contributed by atoms with Crippen LogP contribution >= 0.6 is 0 Å². The van der Waals surface area contributed by atoms with Crippen molar-refractivity contribution in [2.45, 2.75) is 58.3 Å². The summed E-state index contributed by atoms with van der Waals surface area (Å²) in [5, 5.41) is 8.35. The third-order valence-electron chi connectivity index (χ3n) is 4.71. The molecule has 0 aromatic carbocycles. The van der Waals surface area contributed by atoms with Gasteiger partial charge in [-0.25, -0.2) is 9.97 Å². The van der Waals surface area contributed by atoms with Crippen LogP contribution in [0.15, 0.2) is 12.4 Å². The molecule has 0 radical (unpaired) electrons. The van der Waals surface area contributed by atoms with Gasteiger partial charge in [0.2, 0.25) is 0 Å². The molecule has 1 aliphatic heterocycles. The second-order valence-electron chi connectivity index (χ2n) is 7.40. The summed E-state index contributed by atoms with van der Waals surface area (Å²) in [5.74, 6) is 4.22. The molecule has 3 heterocycles. The van der Waals surface area contributed by atoms with Crippen molar-refractivity contribution in [2.75, 3.05) is 18.0 Å². The van der Waals surface area contributed by atoms with E-state index in [-0.39, 0.29) is 0 Å². The summed E-state index contributed by atoms with van der Waals surface area (Å²) in [6.45, 7) is 10.7. The maximum absolute atomic E-state index is 4.85. The Bertz CT molecular complexity index is 664. The molecule has 0 saturated carbocycles. The fourth-order valence-electron chi connectivity index (χ4n) is 3.25. The molecule has 6 heteroatoms. The van der Waals surface area contributed by atoms with E-state index in [1.165, 1.54) is 0 Å². The minimum absolute atomic E-state index is 0.335. The standard InChI is InChI=1S/C18H28N6/c1-12(2)15-9-16(21-17(20-15)13(3)4)24-8-6-7-14(10-24)18-22-19-11-23(18)5/h9,11-14H,6-8,10H2,1-5H3/t14-/m1/s1. The molecule has 130 valence electrons. The van der Waals surface area contributed by atoms with Crippen LogP contribution in [0.4, 0.5) is 5.82 Å². The van der Waals surface area contributed by atoms with E-state index in [2.05, 4.69) is 48.9 Å². The van der Waals surface area contributed by atoms with E-state index in [1.54, 1.807) is 6.33 Å². The lowest BCUT2D eigenvalue weighted by atomic mass is 9.97. The summed E-state index contributed by atoms with van der Waals surface area (Å²) >= 11 is 0. The number of nitrogens with zero attached hydrogens (tertiary/aromatic N) is 6. The molecule has 0 N–H and O–H groups in total. The van der Waals surface area contributed by atoms with Gasteiger partial charge in [-0.1, -0.05) is 27.7 Å². The van der Waals surface area contributed by atoms with Gasteiger partial charge in [-0.3, -0.25) is 0 Å². The largest absolute Gasteiger partial charge is 0.356 e. The number of anilines is 1. The zero-order chi connectivity index (χ0) is 17.3. The number of hydrogen-bond donors (Lipinski definition) is 0. The Kier molecular flexibility index (Phi) is 4.83. The van der Waals surface area contributed by atoms with E-state index < -0.39 is 0 Å². The monoisotopic (exact) mass is 328 g/mol. The van der Waals surface area contributed by atoms with Gasteiger partial charge in [0.15, 0.2) is 0 Å². The Labute approximate surface area is 144 Å². The summed E-state index contributed by atoms with van der Waals surface area (Å²) in [6, 6.07) is 2.16. The Morgan fingerprint density at radius 1 is 1.12 bits per heavy atom. The van der Waals surface area contributed by atoms with Crippen molar-refractivity contribution in [1.29, 1.82) is 0 Å². The molecule has 3 rings (SSSR count). The Morgan fingerprint density at radius 2 is 1.92 bits per heavy atom. The highest BCUT2D eigenvalue weighted by atomic mass is 15.3. The zero-order valence-corrected chi connectivity index (χ0v) is 15.4. The van der Waals surface area contributed by atoms with Crippen LogP contribution in [0, 0.1) is 0 Å². The van der Waals surface area contributed by atoms with Crippen LogP contribution in [-0.2, 0) is 7.05 Å². The molecule has 1 saturated heterocycles. The molecule has 1 fully saturated rings. The predicted octanol–water partition coefficient (Wildman–Crippen LogP) is 3.24. The summed E-state index contributed by atoms with van der Waals surface area (Å²) in [7, 11) is 2.02. The van der Waals surface area contributed by atoms with Crippen molar-refractivity contribution >= 4 is 5.82 Å². The lowest BCUT2D eigenvalue weighted by Gasteiger charge is -2.33. The van der Waals surface area contributed by atoms with Gasteiger partial charge in [-0.05, 0) is 18.8 Å². The number of piperidine rings is 1. The third-order valence-corrected chi connectivity index (χ3v) is 4.71. The molecule has 24 heavy (non-hydrogen) atoms. The molecule has 1 atom stereocenters. The van der Waals surface area contributed by atoms with Gasteiger partial charge in [0, 0.05) is 43.7 Å². The predicted molar refractivity (Wildman–Crippen MR) is 95.4 cm³/mol. The van der Waals surface area contributed by atoms with Crippen molar-refractivity contribution in [1.82, 2.24) is 24.7 Å². The van der Waals surface area contributed by atoms with Gasteiger partial charge in [0.25, 0.3) is 0 Å². The maximum Gasteiger partial charge on any atom is 0.137 e. The van der Waals surface area contributed by atoms with Crippen LogP contribution in [0.5, 0.6) is 0 Å². The number of aryl methyl sites for hydroxylation is 1. The quantitative estimate of drug-likeness (QED) is 0.862. The number of rotatable bonds is 4. The van der Waals surface area contributed by atoms with Crippen LogP contribution in [0.3, 0.4) is 0 Å². The minimum atomic E-state index is 0.335. The second-order valence-corrected chi connectivity index (χ2v) is 7.40. The average molecular weight is 328 g/mol. The molecule has 0 unspecified atom stereocenters. The first-order chi connectivity index (χ1) is 11.5. The van der Waals surface area contributed by atoms with Crippen LogP contribution < -0.4 is 4.90 Å². The van der Waals surface area contributed by atoms with E-state index in [0.29, 0.717) is 17.8 Å². The summed E-state index contributed by atoms with van der Waals surface area (Å²) in [5.41, 5.74) is 1.13. The molecule has 2 aromatic heterocycles. The summed E-state index contributed by atoms with van der Waals surface area (Å²) in [4.78, 5) is 12.0. The second kappa shape index (κ2) is 6.87. The van der Waals surface area contributed by atoms with Gasteiger partial charge in [-0.15, -0.1) is 10.2 Å². The highest BCUT2D eigenvalue weighted by Crippen LogP contribution is 2.29. The molecule has 6 nitrogen and oxygen atoms in total. The maximum atomic E-state index is 4.85.